The van der Waals surface area contributed by atoms with Gasteiger partial charge in [0, 0.05) is 25.2 Å². The average Bonchev–Trinajstić information content (AvgIpc) is 3.16. The van der Waals surface area contributed by atoms with E-state index in [-0.39, 0.29) is 6.10 Å². The second-order valence-corrected chi connectivity index (χ2v) is 6.17. The number of hydrogen-bond acceptors (Lipinski definition) is 5. The molecule has 5 heteroatoms. The fourth-order valence-corrected chi connectivity index (χ4v) is 2.79. The van der Waals surface area contributed by atoms with Gasteiger partial charge in [0.15, 0.2) is 0 Å². The molecular formula is C15H24N4O. The van der Waals surface area contributed by atoms with Gasteiger partial charge < -0.3 is 15.0 Å². The van der Waals surface area contributed by atoms with Crippen LogP contribution in [0.25, 0.3) is 0 Å². The fraction of sp³-hybridized carbons (Fsp3) is 0.733. The van der Waals surface area contributed by atoms with Gasteiger partial charge in [0.05, 0.1) is 6.10 Å². The van der Waals surface area contributed by atoms with E-state index in [1.165, 1.54) is 32.4 Å². The predicted octanol–water partition coefficient (Wildman–Crippen LogP) is 2.16. The van der Waals surface area contributed by atoms with E-state index in [0.29, 0.717) is 5.88 Å². The molecule has 1 saturated heterocycles. The van der Waals surface area contributed by atoms with Crippen LogP contribution in [-0.2, 0) is 0 Å². The van der Waals surface area contributed by atoms with Gasteiger partial charge in [0.25, 0.3) is 0 Å². The van der Waals surface area contributed by atoms with Crippen LogP contribution in [0.15, 0.2) is 12.4 Å². The Morgan fingerprint density at radius 2 is 2.20 bits per heavy atom. The summed E-state index contributed by atoms with van der Waals surface area (Å²) < 4.78 is 5.58. The zero-order chi connectivity index (χ0) is 13.9. The molecule has 5 nitrogen and oxygen atoms in total. The van der Waals surface area contributed by atoms with Crippen LogP contribution in [0.3, 0.4) is 0 Å². The summed E-state index contributed by atoms with van der Waals surface area (Å²) in [6, 6.07) is 2.78. The molecule has 0 amide bonds. The fourth-order valence-electron chi connectivity index (χ4n) is 2.79. The van der Waals surface area contributed by atoms with E-state index in [2.05, 4.69) is 20.2 Å². The van der Waals surface area contributed by atoms with Crippen LogP contribution in [0.2, 0.25) is 0 Å². The van der Waals surface area contributed by atoms with E-state index in [1.807, 2.05) is 19.9 Å². The molecule has 0 spiro atoms. The number of aromatic nitrogens is 2. The van der Waals surface area contributed by atoms with Crippen LogP contribution in [0.4, 0.5) is 5.82 Å². The molecular weight excluding hydrogens is 252 g/mol. The molecule has 2 fully saturated rings. The standard InChI is InChI=1S/C15H24N4O/c1-11(2)20-15-7-14(17-10-18-15)16-8-12-5-6-19(9-12)13-3-4-13/h7,10-13H,3-6,8-9H2,1-2H3,(H,16,17,18). The third-order valence-electron chi connectivity index (χ3n) is 3.95. The third kappa shape index (κ3) is 3.60. The molecule has 1 aliphatic carbocycles. The molecule has 2 aliphatic rings. The lowest BCUT2D eigenvalue weighted by Gasteiger charge is -2.15. The van der Waals surface area contributed by atoms with Crippen molar-refractivity contribution in [3.05, 3.63) is 12.4 Å². The van der Waals surface area contributed by atoms with Crippen molar-refractivity contribution in [3.63, 3.8) is 0 Å². The summed E-state index contributed by atoms with van der Waals surface area (Å²) in [6.45, 7) is 7.49. The van der Waals surface area contributed by atoms with Crippen molar-refractivity contribution in [2.24, 2.45) is 5.92 Å². The third-order valence-corrected chi connectivity index (χ3v) is 3.95. The van der Waals surface area contributed by atoms with E-state index in [9.17, 15) is 0 Å². The highest BCUT2D eigenvalue weighted by atomic mass is 16.5. The van der Waals surface area contributed by atoms with E-state index >= 15 is 0 Å². The van der Waals surface area contributed by atoms with Crippen LogP contribution in [0.5, 0.6) is 5.88 Å². The number of anilines is 1. The normalized spacial score (nSPS) is 23.2. The molecule has 1 atom stereocenters. The number of rotatable bonds is 6. The lowest BCUT2D eigenvalue weighted by molar-refractivity contribution is 0.232. The van der Waals surface area contributed by atoms with Gasteiger partial charge in [-0.25, -0.2) is 9.97 Å². The summed E-state index contributed by atoms with van der Waals surface area (Å²) in [6.07, 6.45) is 5.80. The van der Waals surface area contributed by atoms with Crippen molar-refractivity contribution in [3.8, 4) is 5.88 Å². The zero-order valence-electron chi connectivity index (χ0n) is 12.4. The summed E-state index contributed by atoms with van der Waals surface area (Å²) in [5, 5.41) is 3.42. The monoisotopic (exact) mass is 276 g/mol. The number of nitrogens with one attached hydrogen (secondary N) is 1. The average molecular weight is 276 g/mol. The minimum absolute atomic E-state index is 0.139. The van der Waals surface area contributed by atoms with Crippen LogP contribution in [0.1, 0.15) is 33.1 Å². The summed E-state index contributed by atoms with van der Waals surface area (Å²) >= 11 is 0. The molecule has 1 saturated carbocycles. The van der Waals surface area contributed by atoms with Gasteiger partial charge in [0.1, 0.15) is 12.1 Å². The van der Waals surface area contributed by atoms with Crippen molar-refractivity contribution >= 4 is 5.82 Å². The minimum Gasteiger partial charge on any atom is -0.475 e. The lowest BCUT2D eigenvalue weighted by Crippen LogP contribution is -2.25. The Morgan fingerprint density at radius 1 is 1.35 bits per heavy atom. The number of hydrogen-bond donors (Lipinski definition) is 1. The first-order valence-electron chi connectivity index (χ1n) is 7.67. The molecule has 1 aromatic rings. The smallest absolute Gasteiger partial charge is 0.218 e. The first-order chi connectivity index (χ1) is 9.70. The van der Waals surface area contributed by atoms with Gasteiger partial charge in [-0.15, -0.1) is 0 Å². The van der Waals surface area contributed by atoms with Crippen LogP contribution in [0, 0.1) is 5.92 Å². The molecule has 1 unspecified atom stereocenters. The Balaban J connectivity index is 1.48. The summed E-state index contributed by atoms with van der Waals surface area (Å²) in [5.41, 5.74) is 0. The van der Waals surface area contributed by atoms with Gasteiger partial charge in [0.2, 0.25) is 5.88 Å². The molecule has 1 N–H and O–H groups in total. The van der Waals surface area contributed by atoms with Crippen LogP contribution < -0.4 is 10.1 Å². The number of likely N-dealkylation sites (tertiary alicyclic amines) is 1. The summed E-state index contributed by atoms with van der Waals surface area (Å²) in [5.74, 6) is 2.24. The van der Waals surface area contributed by atoms with E-state index in [4.69, 9.17) is 4.74 Å². The van der Waals surface area contributed by atoms with Crippen molar-refractivity contribution in [2.45, 2.75) is 45.3 Å². The summed E-state index contributed by atoms with van der Waals surface area (Å²) in [4.78, 5) is 11.0. The maximum atomic E-state index is 5.58. The Kier molecular flexibility index (Phi) is 4.05. The Labute approximate surface area is 120 Å². The molecule has 0 aromatic carbocycles. The van der Waals surface area contributed by atoms with Gasteiger partial charge in [-0.05, 0) is 45.6 Å². The summed E-state index contributed by atoms with van der Waals surface area (Å²) in [7, 11) is 0. The van der Waals surface area contributed by atoms with Crippen molar-refractivity contribution < 1.29 is 4.74 Å². The highest BCUT2D eigenvalue weighted by Gasteiger charge is 2.34. The second-order valence-electron chi connectivity index (χ2n) is 6.17. The second kappa shape index (κ2) is 5.95. The van der Waals surface area contributed by atoms with Crippen LogP contribution in [-0.4, -0.2) is 46.6 Å². The number of ether oxygens (including phenoxy) is 1. The molecule has 3 rings (SSSR count). The molecule has 1 aliphatic heterocycles. The molecule has 0 bridgehead atoms. The largest absolute Gasteiger partial charge is 0.475 e. The highest BCUT2D eigenvalue weighted by Crippen LogP contribution is 2.31. The zero-order valence-corrected chi connectivity index (χ0v) is 12.4. The van der Waals surface area contributed by atoms with Crippen molar-refractivity contribution in [1.82, 2.24) is 14.9 Å². The maximum Gasteiger partial charge on any atom is 0.218 e. The Morgan fingerprint density at radius 3 is 2.95 bits per heavy atom. The maximum absolute atomic E-state index is 5.58. The molecule has 20 heavy (non-hydrogen) atoms. The quantitative estimate of drug-likeness (QED) is 0.863. The first kappa shape index (κ1) is 13.6. The van der Waals surface area contributed by atoms with Crippen molar-refractivity contribution in [2.75, 3.05) is 25.0 Å². The Bertz CT molecular complexity index is 447. The predicted molar refractivity (Wildman–Crippen MR) is 79.0 cm³/mol. The van der Waals surface area contributed by atoms with Gasteiger partial charge in [-0.3, -0.25) is 0 Å². The lowest BCUT2D eigenvalue weighted by atomic mass is 10.1. The minimum atomic E-state index is 0.139. The topological polar surface area (TPSA) is 50.3 Å². The number of nitrogens with zero attached hydrogens (tertiary/aromatic N) is 3. The Hall–Kier alpha value is -1.36. The van der Waals surface area contributed by atoms with E-state index < -0.39 is 0 Å². The molecule has 0 radical (unpaired) electrons. The molecule has 1 aromatic heterocycles. The van der Waals surface area contributed by atoms with Crippen molar-refractivity contribution in [1.29, 1.82) is 0 Å². The van der Waals surface area contributed by atoms with Gasteiger partial charge in [-0.2, -0.15) is 0 Å². The molecule has 110 valence electrons. The van der Waals surface area contributed by atoms with Gasteiger partial charge in [-0.1, -0.05) is 0 Å². The van der Waals surface area contributed by atoms with E-state index in [1.54, 1.807) is 6.33 Å². The first-order valence-corrected chi connectivity index (χ1v) is 7.67. The highest BCUT2D eigenvalue weighted by molar-refractivity contribution is 5.37. The molecule has 2 heterocycles. The van der Waals surface area contributed by atoms with Crippen LogP contribution >= 0.6 is 0 Å². The van der Waals surface area contributed by atoms with E-state index in [0.717, 1.165) is 24.3 Å². The SMILES string of the molecule is CC(C)Oc1cc(NCC2CCN(C3CC3)C2)ncn1. The van der Waals surface area contributed by atoms with Gasteiger partial charge >= 0.3 is 0 Å².